The number of nitrogens with zero attached hydrogens (tertiary/aromatic N) is 3. The number of likely N-dealkylation sites (tertiary alicyclic amines) is 1. The van der Waals surface area contributed by atoms with Crippen LogP contribution in [-0.2, 0) is 9.53 Å². The fourth-order valence-electron chi connectivity index (χ4n) is 2.16. The minimum atomic E-state index is -0.281. The summed E-state index contributed by atoms with van der Waals surface area (Å²) >= 11 is 1.01. The van der Waals surface area contributed by atoms with E-state index in [1.54, 1.807) is 4.90 Å². The van der Waals surface area contributed by atoms with Gasteiger partial charge in [-0.05, 0) is 19.3 Å². The van der Waals surface area contributed by atoms with Gasteiger partial charge < -0.3 is 9.64 Å². The number of ether oxygens (including phenoxy) is 1. The molecule has 0 aliphatic carbocycles. The summed E-state index contributed by atoms with van der Waals surface area (Å²) in [7, 11) is 1.36. The zero-order chi connectivity index (χ0) is 13.0. The fraction of sp³-hybridized carbons (Fsp3) is 0.636. The maximum absolute atomic E-state index is 12.2. The Hall–Kier alpha value is -1.50. The molecule has 1 aliphatic rings. The average molecular weight is 269 g/mol. The van der Waals surface area contributed by atoms with Gasteiger partial charge in [0.1, 0.15) is 0 Å². The van der Waals surface area contributed by atoms with E-state index in [9.17, 15) is 9.59 Å². The number of carbonyl (C=O) groups excluding carboxylic acids is 2. The Bertz CT molecular complexity index is 421. The minimum Gasteiger partial charge on any atom is -0.469 e. The highest BCUT2D eigenvalue weighted by atomic mass is 32.1. The quantitative estimate of drug-likeness (QED) is 0.768. The average Bonchev–Trinajstić information content (AvgIpc) is 2.92. The van der Waals surface area contributed by atoms with Crippen LogP contribution < -0.4 is 0 Å². The molecule has 0 aromatic carbocycles. The molecule has 1 unspecified atom stereocenters. The molecule has 1 atom stereocenters. The molecule has 1 aromatic heterocycles. The van der Waals surface area contributed by atoms with Crippen molar-refractivity contribution in [3.05, 3.63) is 11.9 Å². The second-order valence-electron chi connectivity index (χ2n) is 4.22. The van der Waals surface area contributed by atoms with Gasteiger partial charge in [0.05, 0.1) is 31.5 Å². The van der Waals surface area contributed by atoms with Gasteiger partial charge in [0.2, 0.25) is 0 Å². The van der Waals surface area contributed by atoms with Crippen molar-refractivity contribution in [1.82, 2.24) is 13.6 Å². The molecule has 0 spiro atoms. The first-order chi connectivity index (χ1) is 8.72. The van der Waals surface area contributed by atoms with Gasteiger partial charge >= 0.3 is 5.97 Å². The van der Waals surface area contributed by atoms with Crippen molar-refractivity contribution in [3.8, 4) is 0 Å². The lowest BCUT2D eigenvalue weighted by molar-refractivity contribution is -0.142. The van der Waals surface area contributed by atoms with Crippen molar-refractivity contribution in [1.29, 1.82) is 0 Å². The summed E-state index contributed by atoms with van der Waals surface area (Å²) in [5.74, 6) is -0.423. The first-order valence-corrected chi connectivity index (χ1v) is 6.60. The molecule has 6 nitrogen and oxygen atoms in total. The summed E-state index contributed by atoms with van der Waals surface area (Å²) in [6.07, 6.45) is 4.54. The molecule has 1 amide bonds. The molecule has 0 N–H and O–H groups in total. The highest BCUT2D eigenvalue weighted by molar-refractivity contribution is 6.99. The van der Waals surface area contributed by atoms with Crippen LogP contribution in [0.3, 0.4) is 0 Å². The Morgan fingerprint density at radius 1 is 1.56 bits per heavy atom. The SMILES string of the molecule is COC(=O)CC1CCCCN1C(=O)c1cnsn1. The van der Waals surface area contributed by atoms with Crippen LogP contribution in [0.1, 0.15) is 36.2 Å². The van der Waals surface area contributed by atoms with Crippen molar-refractivity contribution in [2.75, 3.05) is 13.7 Å². The first-order valence-electron chi connectivity index (χ1n) is 5.87. The lowest BCUT2D eigenvalue weighted by atomic mass is 9.99. The van der Waals surface area contributed by atoms with Gasteiger partial charge in [0.15, 0.2) is 5.69 Å². The smallest absolute Gasteiger partial charge is 0.307 e. The minimum absolute atomic E-state index is 0.0830. The van der Waals surface area contributed by atoms with Crippen LogP contribution in [0.5, 0.6) is 0 Å². The molecule has 0 saturated carbocycles. The second kappa shape index (κ2) is 5.90. The monoisotopic (exact) mass is 269 g/mol. The van der Waals surface area contributed by atoms with E-state index < -0.39 is 0 Å². The number of amides is 1. The lowest BCUT2D eigenvalue weighted by Gasteiger charge is -2.34. The molecule has 98 valence electrons. The fourth-order valence-corrected chi connectivity index (χ4v) is 2.57. The predicted octanol–water partition coefficient (Wildman–Crippen LogP) is 1.10. The van der Waals surface area contributed by atoms with E-state index in [0.717, 1.165) is 31.0 Å². The molecule has 2 heterocycles. The summed E-state index contributed by atoms with van der Waals surface area (Å²) in [6, 6.07) is -0.0830. The molecule has 18 heavy (non-hydrogen) atoms. The summed E-state index contributed by atoms with van der Waals surface area (Å²) in [5, 5.41) is 0. The number of aromatic nitrogens is 2. The van der Waals surface area contributed by atoms with Gasteiger partial charge in [-0.2, -0.15) is 8.75 Å². The first kappa shape index (κ1) is 12.9. The van der Waals surface area contributed by atoms with Crippen LogP contribution in [0.15, 0.2) is 6.20 Å². The summed E-state index contributed by atoms with van der Waals surface area (Å²) in [6.45, 7) is 0.665. The third-order valence-electron chi connectivity index (χ3n) is 3.10. The Morgan fingerprint density at radius 3 is 3.06 bits per heavy atom. The number of carbonyl (C=O) groups is 2. The highest BCUT2D eigenvalue weighted by Gasteiger charge is 2.30. The third-order valence-corrected chi connectivity index (χ3v) is 3.58. The zero-order valence-electron chi connectivity index (χ0n) is 10.2. The number of methoxy groups -OCH3 is 1. The maximum Gasteiger partial charge on any atom is 0.307 e. The van der Waals surface area contributed by atoms with Gasteiger partial charge in [-0.1, -0.05) is 0 Å². The molecular weight excluding hydrogens is 254 g/mol. The van der Waals surface area contributed by atoms with Crippen molar-refractivity contribution in [2.45, 2.75) is 31.7 Å². The van der Waals surface area contributed by atoms with Crippen molar-refractivity contribution in [2.24, 2.45) is 0 Å². The van der Waals surface area contributed by atoms with Crippen LogP contribution >= 0.6 is 11.7 Å². The third kappa shape index (κ3) is 2.84. The zero-order valence-corrected chi connectivity index (χ0v) is 11.0. The number of hydrogen-bond acceptors (Lipinski definition) is 6. The molecule has 1 aromatic rings. The highest BCUT2D eigenvalue weighted by Crippen LogP contribution is 2.22. The predicted molar refractivity (Wildman–Crippen MR) is 65.2 cm³/mol. The Labute approximate surface area is 109 Å². The van der Waals surface area contributed by atoms with Gasteiger partial charge in [-0.25, -0.2) is 0 Å². The standard InChI is InChI=1S/C11H15N3O3S/c1-17-10(15)6-8-4-2-3-5-14(8)11(16)9-7-12-18-13-9/h7-8H,2-6H2,1H3. The summed E-state index contributed by atoms with van der Waals surface area (Å²) in [4.78, 5) is 25.3. The van der Waals surface area contributed by atoms with Gasteiger partial charge in [0.25, 0.3) is 5.91 Å². The van der Waals surface area contributed by atoms with Crippen LogP contribution in [0.2, 0.25) is 0 Å². The molecule has 0 bridgehead atoms. The van der Waals surface area contributed by atoms with Gasteiger partial charge in [-0.15, -0.1) is 0 Å². The Morgan fingerprint density at radius 2 is 2.39 bits per heavy atom. The molecule has 1 saturated heterocycles. The normalized spacial score (nSPS) is 19.6. The molecule has 2 rings (SSSR count). The van der Waals surface area contributed by atoms with E-state index in [1.165, 1.54) is 13.3 Å². The largest absolute Gasteiger partial charge is 0.469 e. The van der Waals surface area contributed by atoms with Crippen LogP contribution in [0.4, 0.5) is 0 Å². The van der Waals surface area contributed by atoms with Crippen LogP contribution in [0, 0.1) is 0 Å². The van der Waals surface area contributed by atoms with Crippen molar-refractivity contribution in [3.63, 3.8) is 0 Å². The lowest BCUT2D eigenvalue weighted by Crippen LogP contribution is -2.45. The Kier molecular flexibility index (Phi) is 4.24. The number of piperidine rings is 1. The summed E-state index contributed by atoms with van der Waals surface area (Å²) < 4.78 is 12.4. The van der Waals surface area contributed by atoms with E-state index in [1.807, 2.05) is 0 Å². The van der Waals surface area contributed by atoms with E-state index in [4.69, 9.17) is 0 Å². The molecule has 1 fully saturated rings. The van der Waals surface area contributed by atoms with Gasteiger partial charge in [0, 0.05) is 12.6 Å². The van der Waals surface area contributed by atoms with E-state index in [0.29, 0.717) is 12.2 Å². The van der Waals surface area contributed by atoms with E-state index in [-0.39, 0.29) is 24.3 Å². The second-order valence-corrected chi connectivity index (χ2v) is 4.78. The van der Waals surface area contributed by atoms with E-state index in [2.05, 4.69) is 13.5 Å². The molecular formula is C11H15N3O3S. The van der Waals surface area contributed by atoms with Crippen molar-refractivity contribution < 1.29 is 14.3 Å². The summed E-state index contributed by atoms with van der Waals surface area (Å²) in [5.41, 5.74) is 0.358. The number of rotatable bonds is 3. The van der Waals surface area contributed by atoms with Crippen LogP contribution in [0.25, 0.3) is 0 Å². The molecule has 0 radical (unpaired) electrons. The molecule has 1 aliphatic heterocycles. The van der Waals surface area contributed by atoms with Crippen molar-refractivity contribution >= 4 is 23.6 Å². The molecule has 7 heteroatoms. The maximum atomic E-state index is 12.2. The number of esters is 1. The Balaban J connectivity index is 2.08. The number of hydrogen-bond donors (Lipinski definition) is 0. The van der Waals surface area contributed by atoms with Gasteiger partial charge in [-0.3, -0.25) is 9.59 Å². The topological polar surface area (TPSA) is 72.4 Å². The van der Waals surface area contributed by atoms with Crippen LogP contribution in [-0.4, -0.2) is 45.2 Å². The van der Waals surface area contributed by atoms with E-state index >= 15 is 0 Å².